The van der Waals surface area contributed by atoms with Gasteiger partial charge in [0.25, 0.3) is 0 Å². The molecule has 0 atom stereocenters. The highest BCUT2D eigenvalue weighted by molar-refractivity contribution is 5.91. The van der Waals surface area contributed by atoms with Gasteiger partial charge < -0.3 is 20.3 Å². The van der Waals surface area contributed by atoms with Crippen molar-refractivity contribution in [2.75, 3.05) is 32.6 Å². The average molecular weight is 379 g/mol. The van der Waals surface area contributed by atoms with Gasteiger partial charge in [0.2, 0.25) is 0 Å². The number of likely N-dealkylation sites (N-methyl/N-ethyl adjacent to an activating group) is 1. The molecule has 0 bridgehead atoms. The zero-order valence-electron chi connectivity index (χ0n) is 16.1. The maximum Gasteiger partial charge on any atom is 0.319 e. The molecule has 0 fully saturated rings. The van der Waals surface area contributed by atoms with Crippen LogP contribution in [-0.4, -0.2) is 48.4 Å². The van der Waals surface area contributed by atoms with Crippen LogP contribution in [0.2, 0.25) is 0 Å². The lowest BCUT2D eigenvalue weighted by molar-refractivity contribution is 0.250. The van der Waals surface area contributed by atoms with Crippen LogP contribution in [0.25, 0.3) is 11.1 Å². The molecule has 0 unspecified atom stereocenters. The number of rotatable bonds is 8. The molecule has 3 aromatic rings. The average Bonchev–Trinajstić information content (AvgIpc) is 3.23. The number of hydrogen-bond acceptors (Lipinski definition) is 4. The summed E-state index contributed by atoms with van der Waals surface area (Å²) in [5.41, 5.74) is 3.58. The maximum atomic E-state index is 12.3. The number of benzene rings is 2. The van der Waals surface area contributed by atoms with E-state index in [-0.39, 0.29) is 6.03 Å². The van der Waals surface area contributed by atoms with Gasteiger partial charge in [-0.15, -0.1) is 0 Å². The summed E-state index contributed by atoms with van der Waals surface area (Å²) in [6.07, 6.45) is 3.57. The molecule has 0 aliphatic heterocycles. The van der Waals surface area contributed by atoms with Crippen molar-refractivity contribution in [3.63, 3.8) is 0 Å². The predicted molar refractivity (Wildman–Crippen MR) is 110 cm³/mol. The summed E-state index contributed by atoms with van der Waals surface area (Å²) in [6.45, 7) is 1.74. The molecule has 3 N–H and O–H groups in total. The van der Waals surface area contributed by atoms with Gasteiger partial charge >= 0.3 is 6.03 Å². The first-order valence-corrected chi connectivity index (χ1v) is 9.11. The third kappa shape index (κ3) is 5.59. The number of carbonyl (C=O) groups is 1. The van der Waals surface area contributed by atoms with Crippen molar-refractivity contribution in [2.45, 2.75) is 6.54 Å². The summed E-state index contributed by atoms with van der Waals surface area (Å²) in [5.74, 6) is 0.621. The minimum atomic E-state index is -0.280. The Morgan fingerprint density at radius 1 is 1.14 bits per heavy atom. The van der Waals surface area contributed by atoms with Gasteiger partial charge in [0, 0.05) is 24.8 Å². The molecular weight excluding hydrogens is 354 g/mol. The Morgan fingerprint density at radius 3 is 2.68 bits per heavy atom. The first-order chi connectivity index (χ1) is 13.6. The Morgan fingerprint density at radius 2 is 1.96 bits per heavy atom. The van der Waals surface area contributed by atoms with E-state index in [9.17, 15) is 4.79 Å². The van der Waals surface area contributed by atoms with Gasteiger partial charge in [-0.2, -0.15) is 5.10 Å². The summed E-state index contributed by atoms with van der Waals surface area (Å²) >= 11 is 0. The van der Waals surface area contributed by atoms with E-state index in [4.69, 9.17) is 4.74 Å². The van der Waals surface area contributed by atoms with Gasteiger partial charge in [-0.25, -0.2) is 4.79 Å². The number of nitrogens with one attached hydrogen (secondary N) is 3. The Labute approximate surface area is 164 Å². The fourth-order valence-electron chi connectivity index (χ4n) is 2.62. The second-order valence-corrected chi connectivity index (χ2v) is 6.64. The topological polar surface area (TPSA) is 82.3 Å². The number of hydrogen-bond donors (Lipinski definition) is 3. The second-order valence-electron chi connectivity index (χ2n) is 6.64. The SMILES string of the molecule is CN(C)CCOc1cc(-c2cn[nH]c2)ccc1NC(=O)NCc1ccccc1. The van der Waals surface area contributed by atoms with Crippen LogP contribution in [0.3, 0.4) is 0 Å². The van der Waals surface area contributed by atoms with E-state index in [1.807, 2.05) is 73.7 Å². The zero-order chi connectivity index (χ0) is 19.8. The van der Waals surface area contributed by atoms with Crippen LogP contribution in [0.5, 0.6) is 5.75 Å². The van der Waals surface area contributed by atoms with Crippen molar-refractivity contribution in [1.82, 2.24) is 20.4 Å². The highest BCUT2D eigenvalue weighted by atomic mass is 16.5. The van der Waals surface area contributed by atoms with Gasteiger partial charge in [-0.3, -0.25) is 5.10 Å². The summed E-state index contributed by atoms with van der Waals surface area (Å²) in [6, 6.07) is 15.2. The normalized spacial score (nSPS) is 10.7. The van der Waals surface area contributed by atoms with E-state index in [1.165, 1.54) is 0 Å². The molecule has 1 heterocycles. The van der Waals surface area contributed by atoms with E-state index >= 15 is 0 Å². The van der Waals surface area contributed by atoms with E-state index in [0.717, 1.165) is 23.2 Å². The van der Waals surface area contributed by atoms with Gasteiger partial charge in [-0.1, -0.05) is 36.4 Å². The van der Waals surface area contributed by atoms with Gasteiger partial charge in [0.1, 0.15) is 12.4 Å². The molecule has 7 heteroatoms. The van der Waals surface area contributed by atoms with E-state index < -0.39 is 0 Å². The number of carbonyl (C=O) groups excluding carboxylic acids is 1. The standard InChI is InChI=1S/C21H25N5O2/c1-26(2)10-11-28-20-12-17(18-14-23-24-15-18)8-9-19(20)25-21(27)22-13-16-6-4-3-5-7-16/h3-9,12,14-15H,10-11,13H2,1-2H3,(H,23,24)(H2,22,25,27). The van der Waals surface area contributed by atoms with E-state index in [1.54, 1.807) is 6.20 Å². The smallest absolute Gasteiger partial charge is 0.319 e. The molecule has 0 spiro atoms. The van der Waals surface area contributed by atoms with E-state index in [0.29, 0.717) is 24.6 Å². The quantitative estimate of drug-likeness (QED) is 0.561. The van der Waals surface area contributed by atoms with Crippen molar-refractivity contribution in [3.8, 4) is 16.9 Å². The second kappa shape index (κ2) is 9.57. The third-order valence-corrected chi connectivity index (χ3v) is 4.15. The third-order valence-electron chi connectivity index (χ3n) is 4.15. The molecule has 0 aliphatic rings. The summed E-state index contributed by atoms with van der Waals surface area (Å²) in [5, 5.41) is 12.5. The van der Waals surface area contributed by atoms with Gasteiger partial charge in [0.05, 0.1) is 11.9 Å². The number of anilines is 1. The minimum absolute atomic E-state index is 0.280. The molecule has 7 nitrogen and oxygen atoms in total. The zero-order valence-corrected chi connectivity index (χ0v) is 16.1. The number of H-pyrrole nitrogens is 1. The highest BCUT2D eigenvalue weighted by Crippen LogP contribution is 2.30. The summed E-state index contributed by atoms with van der Waals surface area (Å²) < 4.78 is 5.94. The largest absolute Gasteiger partial charge is 0.490 e. The fraction of sp³-hybridized carbons (Fsp3) is 0.238. The molecule has 28 heavy (non-hydrogen) atoms. The lowest BCUT2D eigenvalue weighted by atomic mass is 10.1. The summed E-state index contributed by atoms with van der Waals surface area (Å²) in [7, 11) is 3.98. The lowest BCUT2D eigenvalue weighted by Gasteiger charge is -2.16. The number of aromatic nitrogens is 2. The Hall–Kier alpha value is -3.32. The number of ether oxygens (including phenoxy) is 1. The van der Waals surface area contributed by atoms with Gasteiger partial charge in [-0.05, 0) is 37.4 Å². The van der Waals surface area contributed by atoms with Crippen molar-refractivity contribution < 1.29 is 9.53 Å². The molecule has 2 amide bonds. The number of nitrogens with zero attached hydrogens (tertiary/aromatic N) is 2. The van der Waals surface area contributed by atoms with Crippen LogP contribution in [0.4, 0.5) is 10.5 Å². The molecule has 146 valence electrons. The molecule has 3 rings (SSSR count). The molecular formula is C21H25N5O2. The number of aromatic amines is 1. The van der Waals surface area contributed by atoms with Crippen molar-refractivity contribution in [1.29, 1.82) is 0 Å². The molecule has 1 aromatic heterocycles. The van der Waals surface area contributed by atoms with Crippen LogP contribution in [0.1, 0.15) is 5.56 Å². The number of amides is 2. The maximum absolute atomic E-state index is 12.3. The van der Waals surface area contributed by atoms with E-state index in [2.05, 4.69) is 20.8 Å². The molecule has 2 aromatic carbocycles. The monoisotopic (exact) mass is 379 g/mol. The van der Waals surface area contributed by atoms with Crippen LogP contribution >= 0.6 is 0 Å². The minimum Gasteiger partial charge on any atom is -0.490 e. The molecule has 0 aliphatic carbocycles. The van der Waals surface area contributed by atoms with Crippen LogP contribution in [-0.2, 0) is 6.54 Å². The van der Waals surface area contributed by atoms with Crippen LogP contribution < -0.4 is 15.4 Å². The Kier molecular flexibility index (Phi) is 6.64. The highest BCUT2D eigenvalue weighted by Gasteiger charge is 2.11. The number of urea groups is 1. The molecule has 0 saturated heterocycles. The Bertz CT molecular complexity index is 879. The molecule has 0 saturated carbocycles. The Balaban J connectivity index is 1.69. The fourth-order valence-corrected chi connectivity index (χ4v) is 2.62. The molecule has 0 radical (unpaired) electrons. The van der Waals surface area contributed by atoms with Crippen LogP contribution in [0.15, 0.2) is 60.9 Å². The first-order valence-electron chi connectivity index (χ1n) is 9.11. The first kappa shape index (κ1) is 19.4. The van der Waals surface area contributed by atoms with Crippen LogP contribution in [0, 0.1) is 0 Å². The van der Waals surface area contributed by atoms with Crippen molar-refractivity contribution in [3.05, 3.63) is 66.5 Å². The predicted octanol–water partition coefficient (Wildman–Crippen LogP) is 3.34. The lowest BCUT2D eigenvalue weighted by Crippen LogP contribution is -2.28. The van der Waals surface area contributed by atoms with Crippen molar-refractivity contribution in [2.24, 2.45) is 0 Å². The van der Waals surface area contributed by atoms with Crippen molar-refractivity contribution >= 4 is 11.7 Å². The summed E-state index contributed by atoms with van der Waals surface area (Å²) in [4.78, 5) is 14.4. The van der Waals surface area contributed by atoms with Gasteiger partial charge in [0.15, 0.2) is 0 Å².